The minimum absolute atomic E-state index is 0.149. The van der Waals surface area contributed by atoms with Gasteiger partial charge in [-0.2, -0.15) is 0 Å². The first-order valence-corrected chi connectivity index (χ1v) is 8.63. The fourth-order valence-corrected chi connectivity index (χ4v) is 2.67. The Hall–Kier alpha value is -2.11. The van der Waals surface area contributed by atoms with Crippen LogP contribution < -0.4 is 4.74 Å². The number of nitrogens with zero attached hydrogens (tertiary/aromatic N) is 1. The Bertz CT molecular complexity index is 783. The largest absolute Gasteiger partial charge is 0.414 e. The molecule has 1 N–H and O–H groups in total. The molecule has 25 heavy (non-hydrogen) atoms. The lowest BCUT2D eigenvalue weighted by molar-refractivity contribution is 0.202. The first-order chi connectivity index (χ1) is 11.9. The highest BCUT2D eigenvalue weighted by atomic mass is 32.1. The average molecular weight is 357 g/mol. The van der Waals surface area contributed by atoms with Gasteiger partial charge in [0.15, 0.2) is 5.84 Å². The molecule has 2 aromatic rings. The third kappa shape index (κ3) is 5.44. The average Bonchev–Trinajstić information content (AvgIpc) is 2.57. The topological polar surface area (TPSA) is 54.7 Å². The Labute approximate surface area is 154 Å². The second-order valence-corrected chi connectivity index (χ2v) is 6.45. The van der Waals surface area contributed by atoms with Gasteiger partial charge < -0.3 is 9.47 Å². The standard InChI is InChI=1S/C20H24N2O2S/c1-13-5-7-16(8-6-13)19(21)22-20(25)24-18-12-14(2)17(9-10-23-4)11-15(18)3/h5-8,11-12H,9-10H2,1-4H3,(H2,21,22,25)/p+1. The van der Waals surface area contributed by atoms with E-state index in [0.717, 1.165) is 34.4 Å². The molecular weight excluding hydrogens is 332 g/mol. The Morgan fingerprint density at radius 2 is 1.76 bits per heavy atom. The molecule has 0 spiro atoms. The first kappa shape index (κ1) is 19.2. The van der Waals surface area contributed by atoms with Crippen LogP contribution in [0.3, 0.4) is 0 Å². The van der Waals surface area contributed by atoms with Crippen molar-refractivity contribution in [1.29, 1.82) is 5.41 Å². The fraction of sp³-hybridized carbons (Fsp3) is 0.300. The molecule has 2 aromatic carbocycles. The van der Waals surface area contributed by atoms with Gasteiger partial charge in [0.05, 0.1) is 19.2 Å². The van der Waals surface area contributed by atoms with Crippen molar-refractivity contribution in [2.24, 2.45) is 4.99 Å². The van der Waals surface area contributed by atoms with Crippen molar-refractivity contribution in [1.82, 2.24) is 0 Å². The summed E-state index contributed by atoms with van der Waals surface area (Å²) in [5.74, 6) is 0.875. The summed E-state index contributed by atoms with van der Waals surface area (Å²) in [6.45, 7) is 6.75. The number of benzene rings is 2. The van der Waals surface area contributed by atoms with Gasteiger partial charge >= 0.3 is 5.23 Å². The van der Waals surface area contributed by atoms with Crippen molar-refractivity contribution in [3.63, 3.8) is 0 Å². The number of hydrogen-bond donors (Lipinski definition) is 1. The van der Waals surface area contributed by atoms with Gasteiger partial charge in [-0.25, -0.2) is 0 Å². The maximum absolute atomic E-state index is 8.09. The maximum atomic E-state index is 8.09. The molecule has 0 atom stereocenters. The summed E-state index contributed by atoms with van der Waals surface area (Å²) in [6, 6.07) is 11.8. The van der Waals surface area contributed by atoms with Gasteiger partial charge in [0, 0.05) is 12.7 Å². The molecular formula is C20H25N2O2S+. The van der Waals surface area contributed by atoms with Crippen LogP contribution >= 0.6 is 0 Å². The number of aliphatic imine (C=N–C) groups is 1. The third-order valence-electron chi connectivity index (χ3n) is 3.95. The van der Waals surface area contributed by atoms with Crippen LogP contribution in [0.5, 0.6) is 5.75 Å². The smallest absolute Gasteiger partial charge is 0.402 e. The summed E-state index contributed by atoms with van der Waals surface area (Å²) in [5.41, 5.74) is 5.30. The van der Waals surface area contributed by atoms with E-state index < -0.39 is 0 Å². The van der Waals surface area contributed by atoms with E-state index in [-0.39, 0.29) is 11.1 Å². The lowest BCUT2D eigenvalue weighted by atomic mass is 10.0. The molecule has 0 amide bonds. The van der Waals surface area contributed by atoms with E-state index >= 15 is 0 Å². The Balaban J connectivity index is 2.13. The second kappa shape index (κ2) is 8.83. The highest BCUT2D eigenvalue weighted by Crippen LogP contribution is 2.23. The number of nitrogens with one attached hydrogen (secondary N) is 1. The van der Waals surface area contributed by atoms with Gasteiger partial charge in [-0.1, -0.05) is 35.9 Å². The van der Waals surface area contributed by atoms with E-state index in [2.05, 4.69) is 30.6 Å². The maximum Gasteiger partial charge on any atom is 0.414 e. The molecule has 0 fully saturated rings. The van der Waals surface area contributed by atoms with E-state index in [0.29, 0.717) is 6.61 Å². The Morgan fingerprint density at radius 1 is 1.08 bits per heavy atom. The zero-order chi connectivity index (χ0) is 18.4. The first-order valence-electron chi connectivity index (χ1n) is 8.13. The van der Waals surface area contributed by atoms with Crippen LogP contribution in [0.25, 0.3) is 0 Å². The Kier molecular flexibility index (Phi) is 6.79. The number of amidine groups is 1. The number of ether oxygens (including phenoxy) is 2. The molecule has 0 aliphatic carbocycles. The van der Waals surface area contributed by atoms with E-state index in [9.17, 15) is 0 Å². The number of aryl methyl sites for hydroxylation is 3. The number of rotatable bonds is 5. The zero-order valence-corrected chi connectivity index (χ0v) is 16.1. The van der Waals surface area contributed by atoms with E-state index in [1.807, 2.05) is 44.2 Å². The zero-order valence-electron chi connectivity index (χ0n) is 15.1. The van der Waals surface area contributed by atoms with Crippen LogP contribution in [-0.2, 0) is 23.8 Å². The molecule has 0 radical (unpaired) electrons. The predicted molar refractivity (Wildman–Crippen MR) is 108 cm³/mol. The van der Waals surface area contributed by atoms with Gasteiger partial charge in [0.1, 0.15) is 5.75 Å². The number of methoxy groups -OCH3 is 1. The third-order valence-corrected chi connectivity index (χ3v) is 4.17. The molecule has 0 aliphatic heterocycles. The van der Waals surface area contributed by atoms with Crippen molar-refractivity contribution in [3.8, 4) is 5.75 Å². The summed E-state index contributed by atoms with van der Waals surface area (Å²) < 4.78 is 10.9. The summed E-state index contributed by atoms with van der Waals surface area (Å²) in [6.07, 6.45) is 0.871. The quantitative estimate of drug-likeness (QED) is 0.505. The van der Waals surface area contributed by atoms with E-state index in [1.54, 1.807) is 7.11 Å². The molecule has 0 saturated carbocycles. The molecule has 0 bridgehead atoms. The van der Waals surface area contributed by atoms with Gasteiger partial charge in [-0.3, -0.25) is 5.41 Å². The lowest BCUT2D eigenvalue weighted by Crippen LogP contribution is -2.10. The molecule has 132 valence electrons. The fourth-order valence-electron chi connectivity index (χ4n) is 2.45. The molecule has 2 rings (SSSR count). The molecule has 5 heteroatoms. The molecule has 0 heterocycles. The van der Waals surface area contributed by atoms with E-state index in [4.69, 9.17) is 14.9 Å². The van der Waals surface area contributed by atoms with Crippen LogP contribution in [0.2, 0.25) is 0 Å². The molecule has 4 nitrogen and oxygen atoms in total. The van der Waals surface area contributed by atoms with Gasteiger partial charge in [0.25, 0.3) is 0 Å². The monoisotopic (exact) mass is 357 g/mol. The minimum Gasteiger partial charge on any atom is -0.402 e. The van der Waals surface area contributed by atoms with Crippen molar-refractivity contribution in [2.75, 3.05) is 13.7 Å². The van der Waals surface area contributed by atoms with Crippen LogP contribution in [0.15, 0.2) is 41.4 Å². The Morgan fingerprint density at radius 3 is 2.40 bits per heavy atom. The van der Waals surface area contributed by atoms with Gasteiger partial charge in [-0.05, 0) is 49.9 Å². The molecule has 0 unspecified atom stereocenters. The minimum atomic E-state index is 0.149. The van der Waals surface area contributed by atoms with Gasteiger partial charge in [-0.15, -0.1) is 4.99 Å². The summed E-state index contributed by atoms with van der Waals surface area (Å²) in [5, 5.41) is 8.35. The SMILES string of the molecule is COCCc1cc(C)c(OC([SH2+])=NC(=N)c2ccc(C)cc2)cc1C. The van der Waals surface area contributed by atoms with Crippen molar-refractivity contribution < 1.29 is 9.47 Å². The lowest BCUT2D eigenvalue weighted by Gasteiger charge is -2.11. The van der Waals surface area contributed by atoms with Crippen molar-refractivity contribution in [3.05, 3.63) is 64.2 Å². The highest BCUT2D eigenvalue weighted by molar-refractivity contribution is 7.77. The highest BCUT2D eigenvalue weighted by Gasteiger charge is 2.11. The molecule has 0 saturated heterocycles. The molecule has 0 aliphatic rings. The summed E-state index contributed by atoms with van der Waals surface area (Å²) in [7, 11) is 1.70. The van der Waals surface area contributed by atoms with Crippen LogP contribution in [0.1, 0.15) is 27.8 Å². The normalized spacial score (nSPS) is 11.5. The van der Waals surface area contributed by atoms with E-state index in [1.165, 1.54) is 5.56 Å². The van der Waals surface area contributed by atoms with Crippen LogP contribution in [0.4, 0.5) is 0 Å². The molecule has 0 aromatic heterocycles. The summed E-state index contributed by atoms with van der Waals surface area (Å²) >= 11 is 3.37. The second-order valence-electron chi connectivity index (χ2n) is 6.02. The van der Waals surface area contributed by atoms with Crippen molar-refractivity contribution >= 4 is 23.7 Å². The van der Waals surface area contributed by atoms with Crippen LogP contribution in [-0.4, -0.2) is 24.8 Å². The van der Waals surface area contributed by atoms with Crippen LogP contribution in [0, 0.1) is 26.2 Å². The number of hydrogen-bond acceptors (Lipinski definition) is 3. The van der Waals surface area contributed by atoms with Gasteiger partial charge in [0.2, 0.25) is 0 Å². The predicted octanol–water partition coefficient (Wildman–Crippen LogP) is 3.57. The summed E-state index contributed by atoms with van der Waals surface area (Å²) in [4.78, 5) is 4.19. The van der Waals surface area contributed by atoms with Crippen molar-refractivity contribution in [2.45, 2.75) is 27.2 Å².